The first-order valence-electron chi connectivity index (χ1n) is 11.3. The van der Waals surface area contributed by atoms with Crippen molar-refractivity contribution in [1.29, 1.82) is 0 Å². The van der Waals surface area contributed by atoms with Gasteiger partial charge in [0.05, 0.1) is 31.8 Å². The van der Waals surface area contributed by atoms with Crippen LogP contribution in [0.2, 0.25) is 5.02 Å². The molecule has 1 saturated heterocycles. The van der Waals surface area contributed by atoms with Crippen molar-refractivity contribution in [1.82, 2.24) is 9.80 Å². The van der Waals surface area contributed by atoms with Crippen molar-refractivity contribution in [2.24, 2.45) is 0 Å². The van der Waals surface area contributed by atoms with Crippen LogP contribution in [-0.2, 0) is 31.8 Å². The summed E-state index contributed by atoms with van der Waals surface area (Å²) in [5.74, 6) is -0.490. The van der Waals surface area contributed by atoms with Gasteiger partial charge >= 0.3 is 12.1 Å². The summed E-state index contributed by atoms with van der Waals surface area (Å²) in [4.78, 5) is 27.5. The Morgan fingerprint density at radius 1 is 0.971 bits per heavy atom. The molecule has 6 nitrogen and oxygen atoms in total. The number of nitrogens with zero attached hydrogens (tertiary/aromatic N) is 2. The highest BCUT2D eigenvalue weighted by molar-refractivity contribution is 6.30. The number of hydrogen-bond acceptors (Lipinski definition) is 5. The van der Waals surface area contributed by atoms with Crippen LogP contribution in [0.4, 0.5) is 13.2 Å². The molecule has 0 aromatic heterocycles. The van der Waals surface area contributed by atoms with Crippen LogP contribution in [0, 0.1) is 0 Å². The maximum Gasteiger partial charge on any atom is 0.416 e. The molecule has 0 bridgehead atoms. The molecule has 3 rings (SSSR count). The molecule has 35 heavy (non-hydrogen) atoms. The Morgan fingerprint density at radius 3 is 2.17 bits per heavy atom. The molecular formula is C25H28ClF3N2O4. The second kappa shape index (κ2) is 12.4. The third-order valence-electron chi connectivity index (χ3n) is 5.89. The van der Waals surface area contributed by atoms with Crippen LogP contribution >= 0.6 is 11.6 Å². The number of carbonyl (C=O) groups is 2. The van der Waals surface area contributed by atoms with Crippen molar-refractivity contribution in [2.75, 3.05) is 39.8 Å². The average Bonchev–Trinajstić information content (AvgIpc) is 2.85. The monoisotopic (exact) mass is 512 g/mol. The molecule has 190 valence electrons. The summed E-state index contributed by atoms with van der Waals surface area (Å²) in [5.41, 5.74) is 0.838. The zero-order valence-corrected chi connectivity index (χ0v) is 20.1. The zero-order chi connectivity index (χ0) is 25.4. The number of hydrogen-bond donors (Lipinski definition) is 0. The summed E-state index contributed by atoms with van der Waals surface area (Å²) in [6.45, 7) is 3.04. The number of amides is 1. The highest BCUT2D eigenvalue weighted by Crippen LogP contribution is 2.30. The molecule has 0 radical (unpaired) electrons. The van der Waals surface area contributed by atoms with Gasteiger partial charge in [0.1, 0.15) is 0 Å². The molecule has 2 aromatic carbocycles. The summed E-state index contributed by atoms with van der Waals surface area (Å²) in [6, 6.07) is 12.2. The first-order chi connectivity index (χ1) is 16.7. The van der Waals surface area contributed by atoms with E-state index in [9.17, 15) is 22.8 Å². The molecule has 1 unspecified atom stereocenters. The molecular weight excluding hydrogens is 485 g/mol. The molecule has 0 aliphatic carbocycles. The zero-order valence-electron chi connectivity index (χ0n) is 19.4. The van der Waals surface area contributed by atoms with Gasteiger partial charge in [-0.3, -0.25) is 14.5 Å². The number of benzene rings is 2. The summed E-state index contributed by atoms with van der Waals surface area (Å²) < 4.78 is 49.2. The average molecular weight is 513 g/mol. The van der Waals surface area contributed by atoms with Crippen LogP contribution < -0.4 is 0 Å². The van der Waals surface area contributed by atoms with Crippen molar-refractivity contribution in [3.05, 3.63) is 70.2 Å². The van der Waals surface area contributed by atoms with Gasteiger partial charge in [-0.25, -0.2) is 0 Å². The SMILES string of the molecule is COC(=O)CCC(=O)N1CCN(CC(OCc2ccc(C(F)(F)F)cc2)c2ccc(Cl)cc2)CC1. The normalized spacial score (nSPS) is 15.6. The van der Waals surface area contributed by atoms with E-state index in [2.05, 4.69) is 9.64 Å². The van der Waals surface area contributed by atoms with E-state index in [0.717, 1.165) is 17.7 Å². The molecule has 1 heterocycles. The minimum Gasteiger partial charge on any atom is -0.469 e. The Morgan fingerprint density at radius 2 is 1.60 bits per heavy atom. The number of methoxy groups -OCH3 is 1. The molecule has 0 saturated carbocycles. The molecule has 0 spiro atoms. The van der Waals surface area contributed by atoms with E-state index in [1.807, 2.05) is 12.1 Å². The molecule has 1 atom stereocenters. The fourth-order valence-electron chi connectivity index (χ4n) is 3.80. The number of rotatable bonds is 9. The lowest BCUT2D eigenvalue weighted by molar-refractivity contribution is -0.144. The van der Waals surface area contributed by atoms with E-state index >= 15 is 0 Å². The fourth-order valence-corrected chi connectivity index (χ4v) is 3.93. The minimum atomic E-state index is -4.38. The van der Waals surface area contributed by atoms with Crippen LogP contribution in [0.3, 0.4) is 0 Å². The fraction of sp³-hybridized carbons (Fsp3) is 0.440. The lowest BCUT2D eigenvalue weighted by Crippen LogP contribution is -2.49. The predicted molar refractivity (Wildman–Crippen MR) is 125 cm³/mol. The number of ether oxygens (including phenoxy) is 2. The van der Waals surface area contributed by atoms with E-state index in [4.69, 9.17) is 16.3 Å². The summed E-state index contributed by atoms with van der Waals surface area (Å²) >= 11 is 6.02. The smallest absolute Gasteiger partial charge is 0.416 e. The van der Waals surface area contributed by atoms with Gasteiger partial charge < -0.3 is 14.4 Å². The summed E-state index contributed by atoms with van der Waals surface area (Å²) in [5, 5.41) is 0.592. The molecule has 0 N–H and O–H groups in total. The van der Waals surface area contributed by atoms with E-state index in [1.165, 1.54) is 19.2 Å². The van der Waals surface area contributed by atoms with E-state index in [1.54, 1.807) is 17.0 Å². The third kappa shape index (κ3) is 8.23. The van der Waals surface area contributed by atoms with Crippen LogP contribution in [0.5, 0.6) is 0 Å². The second-order valence-corrected chi connectivity index (χ2v) is 8.74. The van der Waals surface area contributed by atoms with Crippen molar-refractivity contribution in [3.8, 4) is 0 Å². The molecule has 1 fully saturated rings. The number of piperazine rings is 1. The Kier molecular flexibility index (Phi) is 9.54. The van der Waals surface area contributed by atoms with Crippen LogP contribution in [0.1, 0.15) is 35.6 Å². The minimum absolute atomic E-state index is 0.0615. The maximum atomic E-state index is 12.8. The predicted octanol–water partition coefficient (Wildman–Crippen LogP) is 4.71. The largest absolute Gasteiger partial charge is 0.469 e. The Balaban J connectivity index is 1.58. The Hall–Kier alpha value is -2.62. The number of alkyl halides is 3. The second-order valence-electron chi connectivity index (χ2n) is 8.30. The van der Waals surface area contributed by atoms with E-state index in [0.29, 0.717) is 43.3 Å². The number of halogens is 4. The standard InChI is InChI=1S/C25H28ClF3N2O4/c1-34-24(33)11-10-23(32)31-14-12-30(13-15-31)16-22(19-4-8-21(26)9-5-19)35-17-18-2-6-20(7-3-18)25(27,28)29/h2-9,22H,10-17H2,1H3. The van der Waals surface area contributed by atoms with E-state index in [-0.39, 0.29) is 31.5 Å². The van der Waals surface area contributed by atoms with Gasteiger partial charge in [-0.2, -0.15) is 13.2 Å². The first-order valence-corrected chi connectivity index (χ1v) is 11.6. The Labute approximate surface area is 207 Å². The lowest BCUT2D eigenvalue weighted by atomic mass is 10.1. The summed E-state index contributed by atoms with van der Waals surface area (Å²) in [6.07, 6.45) is -4.53. The number of carbonyl (C=O) groups excluding carboxylic acids is 2. The molecule has 1 amide bonds. The number of esters is 1. The van der Waals surface area contributed by atoms with Crippen molar-refractivity contribution in [2.45, 2.75) is 31.7 Å². The quantitative estimate of drug-likeness (QED) is 0.455. The Bertz CT molecular complexity index is 976. The lowest BCUT2D eigenvalue weighted by Gasteiger charge is -2.36. The van der Waals surface area contributed by atoms with Gasteiger partial charge in [0, 0.05) is 44.2 Å². The van der Waals surface area contributed by atoms with Crippen molar-refractivity contribution in [3.63, 3.8) is 0 Å². The van der Waals surface area contributed by atoms with Gasteiger partial charge in [-0.1, -0.05) is 35.9 Å². The highest BCUT2D eigenvalue weighted by atomic mass is 35.5. The van der Waals surface area contributed by atoms with Crippen LogP contribution in [-0.4, -0.2) is 61.5 Å². The van der Waals surface area contributed by atoms with Gasteiger partial charge in [0.25, 0.3) is 0 Å². The topological polar surface area (TPSA) is 59.1 Å². The third-order valence-corrected chi connectivity index (χ3v) is 6.15. The van der Waals surface area contributed by atoms with Crippen molar-refractivity contribution < 1.29 is 32.2 Å². The maximum absolute atomic E-state index is 12.8. The van der Waals surface area contributed by atoms with Gasteiger partial charge in [-0.15, -0.1) is 0 Å². The van der Waals surface area contributed by atoms with Crippen molar-refractivity contribution >= 4 is 23.5 Å². The highest BCUT2D eigenvalue weighted by Gasteiger charge is 2.30. The van der Waals surface area contributed by atoms with Gasteiger partial charge in [-0.05, 0) is 35.4 Å². The summed E-state index contributed by atoms with van der Waals surface area (Å²) in [7, 11) is 1.29. The molecule has 10 heteroatoms. The molecule has 1 aliphatic heterocycles. The van der Waals surface area contributed by atoms with E-state index < -0.39 is 17.7 Å². The first kappa shape index (κ1) is 27.0. The van der Waals surface area contributed by atoms with Gasteiger partial charge in [0.15, 0.2) is 0 Å². The van der Waals surface area contributed by atoms with Crippen LogP contribution in [0.15, 0.2) is 48.5 Å². The van der Waals surface area contributed by atoms with Gasteiger partial charge in [0.2, 0.25) is 5.91 Å². The molecule has 1 aliphatic rings. The van der Waals surface area contributed by atoms with Crippen LogP contribution in [0.25, 0.3) is 0 Å². The molecule has 2 aromatic rings.